The number of benzene rings is 3. The molecule has 140 valence electrons. The molecule has 2 amide bonds. The Kier molecular flexibility index (Phi) is 4.81. The quantitative estimate of drug-likeness (QED) is 0.726. The summed E-state index contributed by atoms with van der Waals surface area (Å²) in [5.41, 5.74) is 3.26. The number of nitrogens with one attached hydrogen (secondary N) is 1. The molecule has 1 N–H and O–H groups in total. The molecule has 0 fully saturated rings. The van der Waals surface area contributed by atoms with Crippen LogP contribution in [-0.2, 0) is 11.2 Å². The van der Waals surface area contributed by atoms with Gasteiger partial charge in [-0.05, 0) is 66.6 Å². The zero-order chi connectivity index (χ0) is 19.5. The number of hydrogen-bond donors (Lipinski definition) is 1. The van der Waals surface area contributed by atoms with Crippen molar-refractivity contribution >= 4 is 23.2 Å². The minimum Gasteiger partial charge on any atom is -0.457 e. The van der Waals surface area contributed by atoms with Crippen molar-refractivity contribution in [2.24, 2.45) is 0 Å². The van der Waals surface area contributed by atoms with Gasteiger partial charge in [0.2, 0.25) is 5.91 Å². The van der Waals surface area contributed by atoms with Gasteiger partial charge in [0.25, 0.3) is 5.91 Å². The van der Waals surface area contributed by atoms with E-state index in [1.807, 2.05) is 48.5 Å². The van der Waals surface area contributed by atoms with Crippen molar-refractivity contribution in [1.29, 1.82) is 0 Å². The van der Waals surface area contributed by atoms with Crippen LogP contribution in [0.5, 0.6) is 11.5 Å². The summed E-state index contributed by atoms with van der Waals surface area (Å²) in [4.78, 5) is 25.9. The molecule has 0 radical (unpaired) electrons. The van der Waals surface area contributed by atoms with Crippen LogP contribution in [0.25, 0.3) is 0 Å². The highest BCUT2D eigenvalue weighted by atomic mass is 16.5. The fourth-order valence-electron chi connectivity index (χ4n) is 3.31. The second-order valence-corrected chi connectivity index (χ2v) is 6.66. The third-order valence-corrected chi connectivity index (χ3v) is 4.71. The maximum absolute atomic E-state index is 12.5. The van der Waals surface area contributed by atoms with Crippen LogP contribution >= 0.6 is 0 Å². The largest absolute Gasteiger partial charge is 0.457 e. The van der Waals surface area contributed by atoms with Crippen LogP contribution in [0.1, 0.15) is 22.8 Å². The molecule has 0 bridgehead atoms. The van der Waals surface area contributed by atoms with Crippen molar-refractivity contribution in [2.75, 3.05) is 16.8 Å². The lowest BCUT2D eigenvalue weighted by Gasteiger charge is -2.15. The number of fused-ring (bicyclic) bond motifs is 1. The molecule has 0 unspecified atom stereocenters. The smallest absolute Gasteiger partial charge is 0.255 e. The summed E-state index contributed by atoms with van der Waals surface area (Å²) in [6.45, 7) is 2.25. The van der Waals surface area contributed by atoms with Crippen molar-refractivity contribution in [1.82, 2.24) is 0 Å². The molecular weight excluding hydrogens is 352 g/mol. The van der Waals surface area contributed by atoms with Crippen LogP contribution in [0.4, 0.5) is 11.4 Å². The zero-order valence-corrected chi connectivity index (χ0v) is 15.5. The Morgan fingerprint density at radius 3 is 2.36 bits per heavy atom. The highest BCUT2D eigenvalue weighted by molar-refractivity contribution is 6.04. The molecule has 0 saturated carbocycles. The van der Waals surface area contributed by atoms with Gasteiger partial charge in [0, 0.05) is 30.4 Å². The number of rotatable bonds is 4. The number of amides is 2. The minimum absolute atomic E-state index is 0.0355. The summed E-state index contributed by atoms with van der Waals surface area (Å²) in [5, 5.41) is 2.92. The molecule has 0 atom stereocenters. The van der Waals surface area contributed by atoms with E-state index in [0.29, 0.717) is 17.9 Å². The van der Waals surface area contributed by atoms with Crippen LogP contribution in [0.2, 0.25) is 0 Å². The number of ether oxygens (including phenoxy) is 1. The van der Waals surface area contributed by atoms with Gasteiger partial charge in [-0.1, -0.05) is 18.2 Å². The van der Waals surface area contributed by atoms with Crippen LogP contribution < -0.4 is 15.0 Å². The Labute approximate surface area is 163 Å². The first-order valence-electron chi connectivity index (χ1n) is 9.15. The van der Waals surface area contributed by atoms with Crippen molar-refractivity contribution in [3.05, 3.63) is 83.9 Å². The van der Waals surface area contributed by atoms with Gasteiger partial charge in [-0.15, -0.1) is 0 Å². The van der Waals surface area contributed by atoms with Crippen molar-refractivity contribution in [3.8, 4) is 11.5 Å². The van der Waals surface area contributed by atoms with E-state index in [-0.39, 0.29) is 11.8 Å². The molecule has 0 aliphatic carbocycles. The maximum Gasteiger partial charge on any atom is 0.255 e. The first-order chi connectivity index (χ1) is 13.6. The fourth-order valence-corrected chi connectivity index (χ4v) is 3.31. The predicted octanol–water partition coefficient (Wildman–Crippen LogP) is 4.64. The fraction of sp³-hybridized carbons (Fsp3) is 0.130. The molecule has 0 spiro atoms. The van der Waals surface area contributed by atoms with Crippen molar-refractivity contribution < 1.29 is 14.3 Å². The molecule has 0 aromatic heterocycles. The van der Waals surface area contributed by atoms with E-state index < -0.39 is 0 Å². The lowest BCUT2D eigenvalue weighted by molar-refractivity contribution is -0.116. The number of hydrogen-bond acceptors (Lipinski definition) is 3. The lowest BCUT2D eigenvalue weighted by Crippen LogP contribution is -2.25. The van der Waals surface area contributed by atoms with E-state index in [9.17, 15) is 9.59 Å². The number of para-hydroxylation sites is 1. The highest BCUT2D eigenvalue weighted by Gasteiger charge is 2.22. The standard InChI is InChI=1S/C23H20N2O3/c1-16(26)25-14-13-18-15-19(9-12-22(18)25)24-23(27)17-7-10-21(11-8-17)28-20-5-3-2-4-6-20/h2-12,15H,13-14H2,1H3,(H,24,27). The third-order valence-electron chi connectivity index (χ3n) is 4.71. The number of nitrogens with zero attached hydrogens (tertiary/aromatic N) is 1. The topological polar surface area (TPSA) is 58.6 Å². The first-order valence-corrected chi connectivity index (χ1v) is 9.15. The Bertz CT molecular complexity index is 1010. The summed E-state index contributed by atoms with van der Waals surface area (Å²) in [6, 6.07) is 22.2. The summed E-state index contributed by atoms with van der Waals surface area (Å²) in [6.07, 6.45) is 0.796. The van der Waals surface area contributed by atoms with Gasteiger partial charge < -0.3 is 15.0 Å². The molecule has 1 heterocycles. The Morgan fingerprint density at radius 2 is 1.64 bits per heavy atom. The van der Waals surface area contributed by atoms with Gasteiger partial charge in [-0.2, -0.15) is 0 Å². The van der Waals surface area contributed by atoms with Crippen LogP contribution in [0.3, 0.4) is 0 Å². The van der Waals surface area contributed by atoms with Crippen LogP contribution in [-0.4, -0.2) is 18.4 Å². The van der Waals surface area contributed by atoms with E-state index in [1.54, 1.807) is 36.1 Å². The first kappa shape index (κ1) is 17.8. The predicted molar refractivity (Wildman–Crippen MR) is 109 cm³/mol. The molecule has 28 heavy (non-hydrogen) atoms. The molecule has 3 aromatic carbocycles. The van der Waals surface area contributed by atoms with E-state index in [0.717, 1.165) is 29.1 Å². The molecule has 5 heteroatoms. The van der Waals surface area contributed by atoms with Gasteiger partial charge in [-0.25, -0.2) is 0 Å². The molecule has 1 aliphatic rings. The molecular formula is C23H20N2O3. The number of carbonyl (C=O) groups is 2. The number of carbonyl (C=O) groups excluding carboxylic acids is 2. The molecule has 3 aromatic rings. The monoisotopic (exact) mass is 372 g/mol. The second kappa shape index (κ2) is 7.56. The Hall–Kier alpha value is -3.60. The van der Waals surface area contributed by atoms with Crippen LogP contribution in [0, 0.1) is 0 Å². The van der Waals surface area contributed by atoms with Crippen molar-refractivity contribution in [2.45, 2.75) is 13.3 Å². The molecule has 1 aliphatic heterocycles. The summed E-state index contributed by atoms with van der Waals surface area (Å²) < 4.78 is 5.75. The molecule has 4 rings (SSSR count). The highest BCUT2D eigenvalue weighted by Crippen LogP contribution is 2.30. The van der Waals surface area contributed by atoms with Gasteiger partial charge >= 0.3 is 0 Å². The van der Waals surface area contributed by atoms with E-state index in [1.165, 1.54) is 0 Å². The summed E-state index contributed by atoms with van der Waals surface area (Å²) >= 11 is 0. The van der Waals surface area contributed by atoms with E-state index in [4.69, 9.17) is 4.74 Å². The molecule has 5 nitrogen and oxygen atoms in total. The van der Waals surface area contributed by atoms with Crippen molar-refractivity contribution in [3.63, 3.8) is 0 Å². The van der Waals surface area contributed by atoms with E-state index in [2.05, 4.69) is 5.32 Å². The van der Waals surface area contributed by atoms with Gasteiger partial charge in [0.05, 0.1) is 0 Å². The maximum atomic E-state index is 12.5. The van der Waals surface area contributed by atoms with Gasteiger partial charge in [-0.3, -0.25) is 9.59 Å². The summed E-state index contributed by atoms with van der Waals surface area (Å²) in [7, 11) is 0. The average molecular weight is 372 g/mol. The Morgan fingerprint density at radius 1 is 0.929 bits per heavy atom. The molecule has 0 saturated heterocycles. The van der Waals surface area contributed by atoms with Crippen LogP contribution in [0.15, 0.2) is 72.8 Å². The number of anilines is 2. The minimum atomic E-state index is -0.187. The van der Waals surface area contributed by atoms with E-state index >= 15 is 0 Å². The second-order valence-electron chi connectivity index (χ2n) is 6.66. The Balaban J connectivity index is 1.43. The zero-order valence-electron chi connectivity index (χ0n) is 15.5. The average Bonchev–Trinajstić information content (AvgIpc) is 3.13. The lowest BCUT2D eigenvalue weighted by atomic mass is 10.1. The van der Waals surface area contributed by atoms with Gasteiger partial charge in [0.15, 0.2) is 0 Å². The summed E-state index contributed by atoms with van der Waals surface area (Å²) in [5.74, 6) is 1.27. The van der Waals surface area contributed by atoms with Gasteiger partial charge in [0.1, 0.15) is 11.5 Å². The third kappa shape index (κ3) is 3.74. The normalized spacial score (nSPS) is 12.4. The SMILES string of the molecule is CC(=O)N1CCc2cc(NC(=O)c3ccc(Oc4ccccc4)cc3)ccc21.